The second-order valence-electron chi connectivity index (χ2n) is 10.1. The summed E-state index contributed by atoms with van der Waals surface area (Å²) in [6.45, 7) is 8.55. The summed E-state index contributed by atoms with van der Waals surface area (Å²) in [5.41, 5.74) is 5.84. The fraction of sp³-hybridized carbons (Fsp3) is 0.233. The first kappa shape index (κ1) is 27.8. The zero-order valence-corrected chi connectivity index (χ0v) is 24.0. The highest BCUT2D eigenvalue weighted by Gasteiger charge is 2.25. The third-order valence-corrected chi connectivity index (χ3v) is 7.83. The standard InChI is InChI=1S/C30H27Cl3N2O.ClH/c1-30(2,3)34-14-11-19(12-15-34)20-17-25(21-7-4-5-8-22(21)31)35-16-13-27(36)29(26(35)18-20)28-23(32)9-6-10-24(28)33;/h4-11,13,16-18H,12,14-15H2,1-3H3;1H. The van der Waals surface area contributed by atoms with Crippen LogP contribution in [0.1, 0.15) is 32.8 Å². The number of hydrogen-bond donors (Lipinski definition) is 0. The van der Waals surface area contributed by atoms with E-state index in [2.05, 4.69) is 43.9 Å². The van der Waals surface area contributed by atoms with E-state index in [0.29, 0.717) is 26.2 Å². The smallest absolute Gasteiger partial charge is 0.190 e. The van der Waals surface area contributed by atoms with Gasteiger partial charge in [0.2, 0.25) is 0 Å². The van der Waals surface area contributed by atoms with Crippen LogP contribution >= 0.6 is 47.2 Å². The van der Waals surface area contributed by atoms with E-state index in [1.54, 1.807) is 30.5 Å². The minimum absolute atomic E-state index is 0. The van der Waals surface area contributed by atoms with Crippen molar-refractivity contribution in [2.45, 2.75) is 32.7 Å². The molecule has 0 radical (unpaired) electrons. The molecule has 5 rings (SSSR count). The molecule has 1 aliphatic rings. The summed E-state index contributed by atoms with van der Waals surface area (Å²) in [7, 11) is 0. The molecule has 192 valence electrons. The van der Waals surface area contributed by atoms with Crippen molar-refractivity contribution in [2.75, 3.05) is 13.1 Å². The highest BCUT2D eigenvalue weighted by Crippen LogP contribution is 2.39. The summed E-state index contributed by atoms with van der Waals surface area (Å²) in [5.74, 6) is 0. The van der Waals surface area contributed by atoms with E-state index in [1.807, 2.05) is 28.7 Å². The van der Waals surface area contributed by atoms with Gasteiger partial charge in [0.05, 0.1) is 26.8 Å². The molecule has 0 spiro atoms. The maximum atomic E-state index is 13.3. The summed E-state index contributed by atoms with van der Waals surface area (Å²) >= 11 is 19.9. The molecule has 0 bridgehead atoms. The Hall–Kier alpha value is -2.27. The predicted octanol–water partition coefficient (Wildman–Crippen LogP) is 8.90. The van der Waals surface area contributed by atoms with E-state index in [-0.39, 0.29) is 23.4 Å². The Kier molecular flexibility index (Phi) is 8.13. The number of benzene rings is 2. The molecule has 2 aromatic carbocycles. The van der Waals surface area contributed by atoms with Crippen molar-refractivity contribution in [1.29, 1.82) is 0 Å². The number of nitrogens with zero attached hydrogens (tertiary/aromatic N) is 2. The fourth-order valence-electron chi connectivity index (χ4n) is 4.90. The van der Waals surface area contributed by atoms with E-state index in [4.69, 9.17) is 34.8 Å². The topological polar surface area (TPSA) is 24.7 Å². The summed E-state index contributed by atoms with van der Waals surface area (Å²) in [6.07, 6.45) is 5.00. The largest absolute Gasteiger partial charge is 0.316 e. The summed E-state index contributed by atoms with van der Waals surface area (Å²) in [5, 5.41) is 1.52. The average molecular weight is 574 g/mol. The van der Waals surface area contributed by atoms with Gasteiger partial charge in [0, 0.05) is 47.0 Å². The molecule has 0 saturated carbocycles. The van der Waals surface area contributed by atoms with Crippen LogP contribution in [-0.4, -0.2) is 27.9 Å². The lowest BCUT2D eigenvalue weighted by atomic mass is 9.93. The van der Waals surface area contributed by atoms with Crippen LogP contribution in [0.25, 0.3) is 33.5 Å². The van der Waals surface area contributed by atoms with Gasteiger partial charge in [-0.1, -0.05) is 65.1 Å². The van der Waals surface area contributed by atoms with Gasteiger partial charge >= 0.3 is 0 Å². The zero-order chi connectivity index (χ0) is 25.6. The van der Waals surface area contributed by atoms with Gasteiger partial charge in [-0.2, -0.15) is 0 Å². The van der Waals surface area contributed by atoms with Crippen LogP contribution < -0.4 is 5.43 Å². The molecule has 0 atom stereocenters. The maximum absolute atomic E-state index is 13.3. The van der Waals surface area contributed by atoms with Crippen molar-refractivity contribution in [2.24, 2.45) is 0 Å². The maximum Gasteiger partial charge on any atom is 0.190 e. The highest BCUT2D eigenvalue weighted by atomic mass is 35.5. The molecule has 0 N–H and O–H groups in total. The Labute approximate surface area is 238 Å². The van der Waals surface area contributed by atoms with Crippen molar-refractivity contribution in [3.8, 4) is 22.4 Å². The van der Waals surface area contributed by atoms with Crippen molar-refractivity contribution in [3.05, 3.63) is 104 Å². The second kappa shape index (κ2) is 10.8. The number of hydrogen-bond acceptors (Lipinski definition) is 2. The molecule has 3 heterocycles. The predicted molar refractivity (Wildman–Crippen MR) is 161 cm³/mol. The van der Waals surface area contributed by atoms with Crippen LogP contribution in [0.5, 0.6) is 0 Å². The number of rotatable bonds is 3. The quantitative estimate of drug-likeness (QED) is 0.244. The molecule has 0 saturated heterocycles. The number of aromatic nitrogens is 1. The van der Waals surface area contributed by atoms with Gasteiger partial charge in [-0.3, -0.25) is 9.69 Å². The first-order valence-electron chi connectivity index (χ1n) is 12.0. The molecule has 1 aliphatic heterocycles. The Balaban J connectivity index is 0.00000320. The molecular weight excluding hydrogens is 546 g/mol. The monoisotopic (exact) mass is 572 g/mol. The van der Waals surface area contributed by atoms with Crippen LogP contribution in [-0.2, 0) is 0 Å². The summed E-state index contributed by atoms with van der Waals surface area (Å²) in [6, 6.07) is 18.9. The number of pyridine rings is 2. The molecule has 3 nitrogen and oxygen atoms in total. The van der Waals surface area contributed by atoms with Gasteiger partial charge in [-0.25, -0.2) is 0 Å². The Morgan fingerprint density at radius 3 is 2.14 bits per heavy atom. The van der Waals surface area contributed by atoms with Gasteiger partial charge in [-0.05, 0) is 68.7 Å². The number of halogens is 4. The van der Waals surface area contributed by atoms with Crippen molar-refractivity contribution in [1.82, 2.24) is 9.30 Å². The lowest BCUT2D eigenvalue weighted by Gasteiger charge is -2.37. The van der Waals surface area contributed by atoms with Crippen LogP contribution in [0.3, 0.4) is 0 Å². The van der Waals surface area contributed by atoms with Gasteiger partial charge in [0.1, 0.15) is 0 Å². The first-order chi connectivity index (χ1) is 17.1. The minimum Gasteiger partial charge on any atom is -0.316 e. The van der Waals surface area contributed by atoms with Gasteiger partial charge < -0.3 is 4.40 Å². The normalized spacial score (nSPS) is 14.4. The second-order valence-corrected chi connectivity index (χ2v) is 11.3. The van der Waals surface area contributed by atoms with E-state index in [0.717, 1.165) is 41.8 Å². The molecular formula is C30H28Cl4N2O. The lowest BCUT2D eigenvalue weighted by molar-refractivity contribution is 0.153. The van der Waals surface area contributed by atoms with Crippen molar-refractivity contribution in [3.63, 3.8) is 0 Å². The Morgan fingerprint density at radius 1 is 0.838 bits per heavy atom. The zero-order valence-electron chi connectivity index (χ0n) is 20.9. The molecule has 37 heavy (non-hydrogen) atoms. The fourth-order valence-corrected chi connectivity index (χ4v) is 5.72. The van der Waals surface area contributed by atoms with E-state index < -0.39 is 0 Å². The van der Waals surface area contributed by atoms with Gasteiger partial charge in [0.25, 0.3) is 0 Å². The summed E-state index contributed by atoms with van der Waals surface area (Å²) < 4.78 is 2.01. The van der Waals surface area contributed by atoms with Crippen LogP contribution in [0.4, 0.5) is 0 Å². The van der Waals surface area contributed by atoms with Crippen LogP contribution in [0.2, 0.25) is 15.1 Å². The first-order valence-corrected chi connectivity index (χ1v) is 13.1. The minimum atomic E-state index is -0.135. The third kappa shape index (κ3) is 5.34. The molecule has 0 aliphatic carbocycles. The van der Waals surface area contributed by atoms with Gasteiger partial charge in [-0.15, -0.1) is 12.4 Å². The van der Waals surface area contributed by atoms with Crippen LogP contribution in [0.15, 0.2) is 77.7 Å². The van der Waals surface area contributed by atoms with Crippen molar-refractivity contribution < 1.29 is 0 Å². The molecule has 0 amide bonds. The van der Waals surface area contributed by atoms with E-state index >= 15 is 0 Å². The Morgan fingerprint density at radius 2 is 1.51 bits per heavy atom. The molecule has 7 heteroatoms. The molecule has 0 fully saturated rings. The van der Waals surface area contributed by atoms with Crippen molar-refractivity contribution >= 4 is 58.3 Å². The van der Waals surface area contributed by atoms with E-state index in [9.17, 15) is 4.79 Å². The third-order valence-electron chi connectivity index (χ3n) is 6.87. The lowest BCUT2D eigenvalue weighted by Crippen LogP contribution is -2.43. The molecule has 0 unspecified atom stereocenters. The molecule has 2 aromatic heterocycles. The van der Waals surface area contributed by atoms with Gasteiger partial charge in [0.15, 0.2) is 5.43 Å². The SMILES string of the molecule is CC(C)(C)N1CC=C(c2cc(-c3ccccc3Cl)n3ccc(=O)c(-c4c(Cl)cccc4Cl)c3c2)CC1.Cl. The highest BCUT2D eigenvalue weighted by molar-refractivity contribution is 6.39. The number of fused-ring (bicyclic) bond motifs is 1. The summed E-state index contributed by atoms with van der Waals surface area (Å²) in [4.78, 5) is 15.8. The average Bonchev–Trinajstić information content (AvgIpc) is 2.84. The molecule has 4 aromatic rings. The van der Waals surface area contributed by atoms with E-state index in [1.165, 1.54) is 5.57 Å². The Bertz CT molecular complexity index is 1550. The van der Waals surface area contributed by atoms with Crippen LogP contribution in [0, 0.1) is 0 Å².